The topological polar surface area (TPSA) is 37.3 Å². The molecule has 0 aromatic rings. The first-order valence-corrected chi connectivity index (χ1v) is 1.53. The number of halogens is 3. The predicted molar refractivity (Wildman–Crippen MR) is 20.3 cm³/mol. The Kier molecular flexibility index (Phi) is 5.95. The highest BCUT2D eigenvalue weighted by atomic mass is 19.4. The van der Waals surface area contributed by atoms with E-state index in [0.717, 1.165) is 0 Å². The third-order valence-corrected chi connectivity index (χ3v) is 0.179. The summed E-state index contributed by atoms with van der Waals surface area (Å²) in [6.07, 6.45) is -4.40. The van der Waals surface area contributed by atoms with Gasteiger partial charge < -0.3 is 9.90 Å². The molecule has 5 heteroatoms. The zero-order chi connectivity index (χ0) is 7.21. The summed E-state index contributed by atoms with van der Waals surface area (Å²) in [6.45, 7) is 0.271. The highest BCUT2D eigenvalue weighted by molar-refractivity contribution is 5.10. The van der Waals surface area contributed by atoms with Crippen LogP contribution in [0.3, 0.4) is 0 Å². The van der Waals surface area contributed by atoms with Gasteiger partial charge in [0.1, 0.15) is 13.4 Å². The molecule has 0 unspecified atom stereocenters. The van der Waals surface area contributed by atoms with Crippen molar-refractivity contribution in [3.8, 4) is 0 Å². The van der Waals surface area contributed by atoms with Crippen LogP contribution in [0.1, 0.15) is 0 Å². The molecule has 2 nitrogen and oxygen atoms in total. The fourth-order valence-corrected chi connectivity index (χ4v) is 0. The van der Waals surface area contributed by atoms with Crippen molar-refractivity contribution in [3.63, 3.8) is 0 Å². The third kappa shape index (κ3) is 18.1. The standard InChI is InChI=1S/C2H3F3O.CH2O/c3-2(4,5)1-6;1-2/h6H,1H2;1H2. The molecule has 0 rings (SSSR count). The maximum absolute atomic E-state index is 10.5. The van der Waals surface area contributed by atoms with Crippen molar-refractivity contribution in [2.24, 2.45) is 0 Å². The second kappa shape index (κ2) is 4.58. The van der Waals surface area contributed by atoms with Crippen LogP contribution in [0.25, 0.3) is 0 Å². The van der Waals surface area contributed by atoms with Gasteiger partial charge in [0.2, 0.25) is 0 Å². The number of hydrogen-bond donors (Lipinski definition) is 1. The molecule has 0 aromatic carbocycles. The quantitative estimate of drug-likeness (QED) is 0.513. The minimum absolute atomic E-state index is 1.73. The van der Waals surface area contributed by atoms with E-state index in [9.17, 15) is 13.2 Å². The molecular formula is C3H5F3O2. The van der Waals surface area contributed by atoms with Crippen LogP contribution in [0.5, 0.6) is 0 Å². The van der Waals surface area contributed by atoms with Gasteiger partial charge in [-0.15, -0.1) is 0 Å². The lowest BCUT2D eigenvalue weighted by Crippen LogP contribution is -2.12. The van der Waals surface area contributed by atoms with Crippen LogP contribution >= 0.6 is 0 Å². The van der Waals surface area contributed by atoms with E-state index in [1.807, 2.05) is 6.79 Å². The molecule has 0 bridgehead atoms. The maximum Gasteiger partial charge on any atom is 0.411 e. The van der Waals surface area contributed by atoms with E-state index < -0.39 is 12.8 Å². The minimum atomic E-state index is -4.40. The molecule has 0 heterocycles. The summed E-state index contributed by atoms with van der Waals surface area (Å²) in [7, 11) is 0. The first-order valence-electron chi connectivity index (χ1n) is 1.53. The van der Waals surface area contributed by atoms with E-state index in [1.165, 1.54) is 0 Å². The van der Waals surface area contributed by atoms with Crippen molar-refractivity contribution in [3.05, 3.63) is 0 Å². The molecule has 0 aliphatic carbocycles. The maximum atomic E-state index is 10.5. The Morgan fingerprint density at radius 3 is 1.50 bits per heavy atom. The van der Waals surface area contributed by atoms with E-state index in [2.05, 4.69) is 0 Å². The summed E-state index contributed by atoms with van der Waals surface area (Å²) in [5.74, 6) is 0. The van der Waals surface area contributed by atoms with Gasteiger partial charge in [0.15, 0.2) is 0 Å². The second-order valence-corrected chi connectivity index (χ2v) is 0.773. The summed E-state index contributed by atoms with van der Waals surface area (Å²) in [6, 6.07) is 0. The number of hydrogen-bond acceptors (Lipinski definition) is 2. The van der Waals surface area contributed by atoms with Gasteiger partial charge in [-0.3, -0.25) is 0 Å². The predicted octanol–water partition coefficient (Wildman–Crippen LogP) is 0.356. The van der Waals surface area contributed by atoms with Crippen LogP contribution in [0, 0.1) is 0 Å². The lowest BCUT2D eigenvalue weighted by atomic mass is 10.7. The van der Waals surface area contributed by atoms with Crippen LogP contribution in [0.4, 0.5) is 13.2 Å². The molecule has 0 saturated heterocycles. The molecule has 0 aliphatic heterocycles. The number of rotatable bonds is 0. The fourth-order valence-electron chi connectivity index (χ4n) is 0. The zero-order valence-electron chi connectivity index (χ0n) is 3.90. The Morgan fingerprint density at radius 1 is 1.38 bits per heavy atom. The molecule has 0 aromatic heterocycles. The molecule has 1 N–H and O–H groups in total. The molecule has 8 heavy (non-hydrogen) atoms. The van der Waals surface area contributed by atoms with Crippen LogP contribution in [0.15, 0.2) is 0 Å². The molecule has 0 fully saturated rings. The Morgan fingerprint density at radius 2 is 1.50 bits per heavy atom. The summed E-state index contributed by atoms with van der Waals surface area (Å²) < 4.78 is 31.6. The Bertz CT molecular complexity index is 51.0. The average Bonchev–Trinajstić information content (AvgIpc) is 1.71. The molecule has 0 spiro atoms. The Hall–Kier alpha value is -0.580. The van der Waals surface area contributed by atoms with E-state index in [4.69, 9.17) is 9.90 Å². The molecule has 0 atom stereocenters. The summed E-state index contributed by atoms with van der Waals surface area (Å²) in [4.78, 5) is 8.00. The van der Waals surface area contributed by atoms with Crippen molar-refractivity contribution in [2.45, 2.75) is 6.18 Å². The van der Waals surface area contributed by atoms with Crippen molar-refractivity contribution in [2.75, 3.05) is 6.61 Å². The molecular weight excluding hydrogens is 125 g/mol. The Labute approximate surface area is 43.9 Å². The first kappa shape index (κ1) is 10.4. The van der Waals surface area contributed by atoms with Crippen LogP contribution in [-0.4, -0.2) is 24.7 Å². The van der Waals surface area contributed by atoms with Gasteiger partial charge >= 0.3 is 6.18 Å². The lowest BCUT2D eigenvalue weighted by Gasteiger charge is -1.95. The summed E-state index contributed by atoms with van der Waals surface area (Å²) in [5.41, 5.74) is 0. The second-order valence-electron chi connectivity index (χ2n) is 0.773. The van der Waals surface area contributed by atoms with Gasteiger partial charge in [0.05, 0.1) is 0 Å². The first-order chi connectivity index (χ1) is 3.56. The van der Waals surface area contributed by atoms with E-state index in [0.29, 0.717) is 0 Å². The van der Waals surface area contributed by atoms with Crippen LogP contribution < -0.4 is 0 Å². The number of aliphatic hydroxyl groups excluding tert-OH is 1. The van der Waals surface area contributed by atoms with Gasteiger partial charge in [-0.05, 0) is 0 Å². The third-order valence-electron chi connectivity index (χ3n) is 0.179. The van der Waals surface area contributed by atoms with E-state index in [-0.39, 0.29) is 0 Å². The van der Waals surface area contributed by atoms with Crippen molar-refractivity contribution < 1.29 is 23.1 Å². The van der Waals surface area contributed by atoms with E-state index >= 15 is 0 Å². The van der Waals surface area contributed by atoms with Gasteiger partial charge in [-0.2, -0.15) is 13.2 Å². The molecule has 0 saturated carbocycles. The fraction of sp³-hybridized carbons (Fsp3) is 0.667. The average molecular weight is 130 g/mol. The zero-order valence-corrected chi connectivity index (χ0v) is 3.90. The largest absolute Gasteiger partial charge is 0.411 e. The van der Waals surface area contributed by atoms with Crippen molar-refractivity contribution >= 4 is 6.79 Å². The summed E-state index contributed by atoms with van der Waals surface area (Å²) >= 11 is 0. The van der Waals surface area contributed by atoms with Gasteiger partial charge in [-0.25, -0.2) is 0 Å². The molecule has 0 amide bonds. The van der Waals surface area contributed by atoms with Gasteiger partial charge in [0, 0.05) is 0 Å². The molecule has 0 radical (unpaired) electrons. The van der Waals surface area contributed by atoms with E-state index in [1.54, 1.807) is 0 Å². The number of carbonyl (C=O) groups is 1. The monoisotopic (exact) mass is 130 g/mol. The lowest BCUT2D eigenvalue weighted by molar-refractivity contribution is -0.159. The number of carbonyl (C=O) groups excluding carboxylic acids is 1. The van der Waals surface area contributed by atoms with Gasteiger partial charge in [-0.1, -0.05) is 0 Å². The number of alkyl halides is 3. The van der Waals surface area contributed by atoms with Crippen molar-refractivity contribution in [1.82, 2.24) is 0 Å². The molecule has 0 aliphatic rings. The smallest absolute Gasteiger partial charge is 0.387 e. The highest BCUT2D eigenvalue weighted by Gasteiger charge is 2.24. The van der Waals surface area contributed by atoms with Crippen LogP contribution in [-0.2, 0) is 4.79 Å². The van der Waals surface area contributed by atoms with Gasteiger partial charge in [0.25, 0.3) is 0 Å². The Balaban J connectivity index is 0. The number of aliphatic hydroxyl groups is 1. The molecule has 50 valence electrons. The van der Waals surface area contributed by atoms with Crippen molar-refractivity contribution in [1.29, 1.82) is 0 Å². The van der Waals surface area contributed by atoms with Crippen LogP contribution in [0.2, 0.25) is 0 Å². The highest BCUT2D eigenvalue weighted by Crippen LogP contribution is 2.11. The SMILES string of the molecule is C=O.OCC(F)(F)F. The summed E-state index contributed by atoms with van der Waals surface area (Å²) in [5, 5.41) is 7.28. The minimum Gasteiger partial charge on any atom is -0.387 e. The normalized spacial score (nSPS) is 9.50.